The molecule has 0 aliphatic heterocycles. The number of benzene rings is 1. The number of carboxylic acids is 1. The molecule has 0 fully saturated rings. The van der Waals surface area contributed by atoms with Crippen molar-refractivity contribution >= 4 is 33.6 Å². The van der Waals surface area contributed by atoms with Crippen molar-refractivity contribution in [1.82, 2.24) is 5.32 Å². The fraction of sp³-hybridized carbons (Fsp3) is 0.429. The molecule has 1 aromatic carbocycles. The molecule has 3 N–H and O–H groups in total. The number of carboxylic acid groups (broad SMARTS) is 1. The Balaban J connectivity index is 2.24. The van der Waals surface area contributed by atoms with Gasteiger partial charge in [0.15, 0.2) is 0 Å². The van der Waals surface area contributed by atoms with Gasteiger partial charge in [-0.25, -0.2) is 4.79 Å². The third kappa shape index (κ3) is 6.06. The SMILES string of the molecule is Cc1c(Br)cccc1NC(=O)NCCCCCC(=O)O. The van der Waals surface area contributed by atoms with Crippen LogP contribution in [0.1, 0.15) is 31.2 Å². The van der Waals surface area contributed by atoms with Crippen LogP contribution < -0.4 is 10.6 Å². The van der Waals surface area contributed by atoms with E-state index in [2.05, 4.69) is 26.6 Å². The van der Waals surface area contributed by atoms with E-state index >= 15 is 0 Å². The van der Waals surface area contributed by atoms with Crippen molar-refractivity contribution in [3.63, 3.8) is 0 Å². The Bertz CT molecular complexity index is 477. The van der Waals surface area contributed by atoms with E-state index in [0.717, 1.165) is 28.6 Å². The van der Waals surface area contributed by atoms with Crippen LogP contribution in [0.3, 0.4) is 0 Å². The lowest BCUT2D eigenvalue weighted by atomic mass is 10.2. The molecule has 2 amide bonds. The van der Waals surface area contributed by atoms with Crippen molar-refractivity contribution < 1.29 is 14.7 Å². The molecule has 0 atom stereocenters. The van der Waals surface area contributed by atoms with Gasteiger partial charge in [-0.05, 0) is 37.5 Å². The topological polar surface area (TPSA) is 78.4 Å². The predicted octanol–water partition coefficient (Wildman–Crippen LogP) is 3.52. The number of amides is 2. The smallest absolute Gasteiger partial charge is 0.319 e. The molecule has 6 heteroatoms. The van der Waals surface area contributed by atoms with E-state index in [1.54, 1.807) is 0 Å². The van der Waals surface area contributed by atoms with E-state index in [0.29, 0.717) is 13.0 Å². The molecule has 0 saturated carbocycles. The third-order valence-electron chi connectivity index (χ3n) is 2.87. The highest BCUT2D eigenvalue weighted by Gasteiger charge is 2.05. The number of carbonyl (C=O) groups is 2. The molecule has 1 rings (SSSR count). The van der Waals surface area contributed by atoms with Crippen molar-refractivity contribution in [2.75, 3.05) is 11.9 Å². The normalized spacial score (nSPS) is 10.1. The summed E-state index contributed by atoms with van der Waals surface area (Å²) in [6.45, 7) is 2.46. The van der Waals surface area contributed by atoms with Crippen molar-refractivity contribution in [3.05, 3.63) is 28.2 Å². The summed E-state index contributed by atoms with van der Waals surface area (Å²) >= 11 is 3.41. The molecule has 110 valence electrons. The molecular weight excluding hydrogens is 324 g/mol. The number of halogens is 1. The first-order valence-corrected chi connectivity index (χ1v) is 7.31. The molecule has 0 bridgehead atoms. The van der Waals surface area contributed by atoms with E-state index in [1.165, 1.54) is 0 Å². The van der Waals surface area contributed by atoms with Crippen LogP contribution in [0, 0.1) is 6.92 Å². The van der Waals surface area contributed by atoms with Crippen LogP contribution >= 0.6 is 15.9 Å². The molecule has 20 heavy (non-hydrogen) atoms. The molecule has 0 radical (unpaired) electrons. The van der Waals surface area contributed by atoms with E-state index in [4.69, 9.17) is 5.11 Å². The molecule has 0 aromatic heterocycles. The number of urea groups is 1. The monoisotopic (exact) mass is 342 g/mol. The summed E-state index contributed by atoms with van der Waals surface area (Å²) < 4.78 is 0.948. The second-order valence-electron chi connectivity index (χ2n) is 4.50. The minimum absolute atomic E-state index is 0.184. The van der Waals surface area contributed by atoms with Gasteiger partial charge in [0.25, 0.3) is 0 Å². The summed E-state index contributed by atoms with van der Waals surface area (Å²) in [6.07, 6.45) is 2.40. The van der Waals surface area contributed by atoms with Gasteiger partial charge >= 0.3 is 12.0 Å². The molecule has 1 aromatic rings. The van der Waals surface area contributed by atoms with Gasteiger partial charge in [0, 0.05) is 23.1 Å². The zero-order chi connectivity index (χ0) is 15.0. The maximum atomic E-state index is 11.7. The van der Waals surface area contributed by atoms with Gasteiger partial charge in [0.2, 0.25) is 0 Å². The zero-order valence-corrected chi connectivity index (χ0v) is 13.0. The van der Waals surface area contributed by atoms with Crippen LogP contribution in [0.5, 0.6) is 0 Å². The summed E-state index contributed by atoms with van der Waals surface area (Å²) in [5, 5.41) is 14.0. The largest absolute Gasteiger partial charge is 0.481 e. The average molecular weight is 343 g/mol. The molecule has 0 unspecified atom stereocenters. The van der Waals surface area contributed by atoms with Crippen LogP contribution in [0.15, 0.2) is 22.7 Å². The van der Waals surface area contributed by atoms with Gasteiger partial charge in [-0.3, -0.25) is 4.79 Å². The molecule has 0 aliphatic carbocycles. The molecule has 5 nitrogen and oxygen atoms in total. The predicted molar refractivity (Wildman–Crippen MR) is 82.0 cm³/mol. The quantitative estimate of drug-likeness (QED) is 0.663. The molecule has 0 spiro atoms. The Morgan fingerprint density at radius 2 is 2.00 bits per heavy atom. The van der Waals surface area contributed by atoms with Crippen molar-refractivity contribution in [2.24, 2.45) is 0 Å². The standard InChI is InChI=1S/C14H19BrN2O3/c1-10-11(15)6-5-7-12(10)17-14(20)16-9-4-2-3-8-13(18)19/h5-7H,2-4,8-9H2,1H3,(H,18,19)(H2,16,17,20). The Morgan fingerprint density at radius 3 is 2.70 bits per heavy atom. The third-order valence-corrected chi connectivity index (χ3v) is 3.73. The van der Waals surface area contributed by atoms with Gasteiger partial charge in [-0.1, -0.05) is 28.4 Å². The number of hydrogen-bond acceptors (Lipinski definition) is 2. The van der Waals surface area contributed by atoms with E-state index < -0.39 is 5.97 Å². The highest BCUT2D eigenvalue weighted by molar-refractivity contribution is 9.10. The van der Waals surface area contributed by atoms with Gasteiger partial charge in [0.1, 0.15) is 0 Å². The van der Waals surface area contributed by atoms with Crippen LogP contribution in [-0.4, -0.2) is 23.7 Å². The molecule has 0 heterocycles. The lowest BCUT2D eigenvalue weighted by Gasteiger charge is -2.10. The second kappa shape index (κ2) is 8.58. The number of aliphatic carboxylic acids is 1. The number of carbonyl (C=O) groups excluding carboxylic acids is 1. The molecular formula is C14H19BrN2O3. The van der Waals surface area contributed by atoms with Crippen LogP contribution in [-0.2, 0) is 4.79 Å². The van der Waals surface area contributed by atoms with Gasteiger partial charge in [0.05, 0.1) is 0 Å². The molecule has 0 aliphatic rings. The molecule has 0 saturated heterocycles. The summed E-state index contributed by atoms with van der Waals surface area (Å²) in [7, 11) is 0. The first-order valence-electron chi connectivity index (χ1n) is 6.52. The number of nitrogens with one attached hydrogen (secondary N) is 2. The average Bonchev–Trinajstić information content (AvgIpc) is 2.39. The second-order valence-corrected chi connectivity index (χ2v) is 5.35. The van der Waals surface area contributed by atoms with E-state index in [-0.39, 0.29) is 12.5 Å². The highest BCUT2D eigenvalue weighted by atomic mass is 79.9. The first-order chi connectivity index (χ1) is 9.50. The fourth-order valence-corrected chi connectivity index (χ4v) is 2.06. The van der Waals surface area contributed by atoms with Crippen molar-refractivity contribution in [1.29, 1.82) is 0 Å². The van der Waals surface area contributed by atoms with E-state index in [1.807, 2.05) is 25.1 Å². The maximum Gasteiger partial charge on any atom is 0.319 e. The minimum Gasteiger partial charge on any atom is -0.481 e. The zero-order valence-electron chi connectivity index (χ0n) is 11.4. The fourth-order valence-electron chi connectivity index (χ4n) is 1.69. The lowest BCUT2D eigenvalue weighted by molar-refractivity contribution is -0.137. The Morgan fingerprint density at radius 1 is 1.25 bits per heavy atom. The van der Waals surface area contributed by atoms with Crippen molar-refractivity contribution in [3.8, 4) is 0 Å². The summed E-state index contributed by atoms with van der Waals surface area (Å²) in [5.41, 5.74) is 1.74. The number of unbranched alkanes of at least 4 members (excludes halogenated alkanes) is 2. The summed E-state index contributed by atoms with van der Waals surface area (Å²) in [6, 6.07) is 5.37. The minimum atomic E-state index is -0.777. The Labute approximate surface area is 126 Å². The number of anilines is 1. The van der Waals surface area contributed by atoms with Gasteiger partial charge < -0.3 is 15.7 Å². The van der Waals surface area contributed by atoms with Gasteiger partial charge in [-0.2, -0.15) is 0 Å². The highest BCUT2D eigenvalue weighted by Crippen LogP contribution is 2.23. The van der Waals surface area contributed by atoms with Gasteiger partial charge in [-0.15, -0.1) is 0 Å². The van der Waals surface area contributed by atoms with Crippen molar-refractivity contribution in [2.45, 2.75) is 32.6 Å². The number of hydrogen-bond donors (Lipinski definition) is 3. The van der Waals surface area contributed by atoms with Crippen LogP contribution in [0.25, 0.3) is 0 Å². The Kier molecular flexibility index (Phi) is 7.08. The lowest BCUT2D eigenvalue weighted by Crippen LogP contribution is -2.29. The maximum absolute atomic E-state index is 11.7. The van der Waals surface area contributed by atoms with E-state index in [9.17, 15) is 9.59 Å². The Hall–Kier alpha value is -1.56. The summed E-state index contributed by atoms with van der Waals surface area (Å²) in [5.74, 6) is -0.777. The first kappa shape index (κ1) is 16.5. The number of rotatable bonds is 7. The summed E-state index contributed by atoms with van der Waals surface area (Å²) in [4.78, 5) is 22.0. The van der Waals surface area contributed by atoms with Crippen LogP contribution in [0.4, 0.5) is 10.5 Å². The van der Waals surface area contributed by atoms with Crippen LogP contribution in [0.2, 0.25) is 0 Å².